The van der Waals surface area contributed by atoms with E-state index in [-0.39, 0.29) is 11.9 Å². The molecule has 5 heteroatoms. The van der Waals surface area contributed by atoms with E-state index < -0.39 is 6.10 Å². The smallest absolute Gasteiger partial charge is 0.261 e. The van der Waals surface area contributed by atoms with E-state index in [0.717, 1.165) is 28.4 Å². The molecule has 0 heterocycles. The summed E-state index contributed by atoms with van der Waals surface area (Å²) >= 11 is 0. The van der Waals surface area contributed by atoms with Crippen LogP contribution in [0.15, 0.2) is 42.5 Å². The molecule has 2 rings (SSSR count). The summed E-state index contributed by atoms with van der Waals surface area (Å²) in [6.45, 7) is 8.01. The number of rotatable bonds is 8. The van der Waals surface area contributed by atoms with E-state index in [0.29, 0.717) is 6.61 Å². The Morgan fingerprint density at radius 2 is 1.69 bits per heavy atom. The Morgan fingerprint density at radius 3 is 2.35 bits per heavy atom. The van der Waals surface area contributed by atoms with Gasteiger partial charge >= 0.3 is 0 Å². The lowest BCUT2D eigenvalue weighted by Gasteiger charge is -2.20. The number of carbonyl (C=O) groups excluding carboxylic acids is 1. The Bertz CT molecular complexity index is 727. The van der Waals surface area contributed by atoms with Crippen molar-refractivity contribution in [1.82, 2.24) is 5.32 Å². The van der Waals surface area contributed by atoms with Crippen LogP contribution in [0.2, 0.25) is 0 Å². The third-order valence-corrected chi connectivity index (χ3v) is 4.18. The lowest BCUT2D eigenvalue weighted by Crippen LogP contribution is -2.43. The summed E-state index contributed by atoms with van der Waals surface area (Å²) in [6, 6.07) is 13.0. The fourth-order valence-corrected chi connectivity index (χ4v) is 2.39. The quantitative estimate of drug-likeness (QED) is 0.783. The fourth-order valence-electron chi connectivity index (χ4n) is 2.39. The van der Waals surface area contributed by atoms with Crippen LogP contribution in [0, 0.1) is 13.8 Å². The molecule has 5 nitrogen and oxygen atoms in total. The molecule has 0 saturated carbocycles. The maximum Gasteiger partial charge on any atom is 0.261 e. The topological polar surface area (TPSA) is 56.8 Å². The largest absolute Gasteiger partial charge is 0.497 e. The standard InChI is InChI=1S/C21H27NO4/c1-14-7-6-8-20(16(14)3)26-17(4)21(23)22-15(2)13-25-19-11-9-18(24-5)10-12-19/h6-12,15,17H,13H2,1-5H3,(H,22,23)/t15-,17+/m0/s1. The second kappa shape index (κ2) is 9.13. The summed E-state index contributed by atoms with van der Waals surface area (Å²) in [5, 5.41) is 2.91. The molecule has 2 aromatic carbocycles. The van der Waals surface area contributed by atoms with Crippen LogP contribution in [-0.2, 0) is 4.79 Å². The maximum atomic E-state index is 12.3. The molecule has 26 heavy (non-hydrogen) atoms. The van der Waals surface area contributed by atoms with E-state index in [4.69, 9.17) is 14.2 Å². The average molecular weight is 357 g/mol. The molecule has 0 saturated heterocycles. The number of carbonyl (C=O) groups is 1. The minimum atomic E-state index is -0.584. The van der Waals surface area contributed by atoms with Crippen LogP contribution in [0.5, 0.6) is 17.2 Å². The lowest BCUT2D eigenvalue weighted by molar-refractivity contribution is -0.128. The Hall–Kier alpha value is -2.69. The zero-order valence-electron chi connectivity index (χ0n) is 16.0. The number of hydrogen-bond donors (Lipinski definition) is 1. The molecule has 0 aliphatic heterocycles. The monoisotopic (exact) mass is 357 g/mol. The molecule has 0 radical (unpaired) electrons. The highest BCUT2D eigenvalue weighted by atomic mass is 16.5. The first-order valence-corrected chi connectivity index (χ1v) is 8.70. The van der Waals surface area contributed by atoms with Gasteiger partial charge in [-0.2, -0.15) is 0 Å². The minimum Gasteiger partial charge on any atom is -0.497 e. The molecule has 0 aromatic heterocycles. The van der Waals surface area contributed by atoms with Crippen molar-refractivity contribution in [3.8, 4) is 17.2 Å². The van der Waals surface area contributed by atoms with Crippen LogP contribution >= 0.6 is 0 Å². The molecule has 0 spiro atoms. The highest BCUT2D eigenvalue weighted by Crippen LogP contribution is 2.22. The summed E-state index contributed by atoms with van der Waals surface area (Å²) in [6.07, 6.45) is -0.584. The SMILES string of the molecule is COc1ccc(OC[C@H](C)NC(=O)[C@@H](C)Oc2cccc(C)c2C)cc1. The highest BCUT2D eigenvalue weighted by Gasteiger charge is 2.18. The summed E-state index contributed by atoms with van der Waals surface area (Å²) in [4.78, 5) is 12.3. The fraction of sp³-hybridized carbons (Fsp3) is 0.381. The number of nitrogens with one attached hydrogen (secondary N) is 1. The first kappa shape index (κ1) is 19.6. The molecular weight excluding hydrogens is 330 g/mol. The van der Waals surface area contributed by atoms with E-state index in [1.165, 1.54) is 0 Å². The maximum absolute atomic E-state index is 12.3. The van der Waals surface area contributed by atoms with E-state index in [1.54, 1.807) is 14.0 Å². The normalized spacial score (nSPS) is 12.8. The van der Waals surface area contributed by atoms with Gasteiger partial charge in [0, 0.05) is 0 Å². The lowest BCUT2D eigenvalue weighted by atomic mass is 10.1. The van der Waals surface area contributed by atoms with Gasteiger partial charge < -0.3 is 19.5 Å². The Labute approximate surface area is 155 Å². The van der Waals surface area contributed by atoms with Crippen molar-refractivity contribution < 1.29 is 19.0 Å². The zero-order valence-corrected chi connectivity index (χ0v) is 16.0. The van der Waals surface area contributed by atoms with Gasteiger partial charge in [0.2, 0.25) is 0 Å². The van der Waals surface area contributed by atoms with Gasteiger partial charge in [0.15, 0.2) is 6.10 Å². The number of methoxy groups -OCH3 is 1. The second-order valence-electron chi connectivity index (χ2n) is 6.35. The van der Waals surface area contributed by atoms with Crippen molar-refractivity contribution in [3.63, 3.8) is 0 Å². The molecule has 0 bridgehead atoms. The predicted octanol–water partition coefficient (Wildman–Crippen LogP) is 3.66. The molecule has 2 aromatic rings. The zero-order chi connectivity index (χ0) is 19.1. The third-order valence-electron chi connectivity index (χ3n) is 4.18. The summed E-state index contributed by atoms with van der Waals surface area (Å²) in [7, 11) is 1.62. The van der Waals surface area contributed by atoms with Crippen molar-refractivity contribution in [2.75, 3.05) is 13.7 Å². The van der Waals surface area contributed by atoms with Gasteiger partial charge in [0.05, 0.1) is 13.2 Å². The van der Waals surface area contributed by atoms with Crippen LogP contribution in [0.1, 0.15) is 25.0 Å². The first-order valence-electron chi connectivity index (χ1n) is 8.70. The van der Waals surface area contributed by atoms with Crippen LogP contribution in [0.25, 0.3) is 0 Å². The summed E-state index contributed by atoms with van der Waals surface area (Å²) < 4.78 is 16.6. The first-order chi connectivity index (χ1) is 12.4. The van der Waals surface area contributed by atoms with Gasteiger partial charge in [0.1, 0.15) is 23.9 Å². The predicted molar refractivity (Wildman–Crippen MR) is 102 cm³/mol. The van der Waals surface area contributed by atoms with E-state index in [2.05, 4.69) is 5.32 Å². The second-order valence-corrected chi connectivity index (χ2v) is 6.35. The van der Waals surface area contributed by atoms with Gasteiger partial charge in [0.25, 0.3) is 5.91 Å². The van der Waals surface area contributed by atoms with Crippen LogP contribution in [0.3, 0.4) is 0 Å². The molecule has 1 amide bonds. The van der Waals surface area contributed by atoms with Crippen LogP contribution in [0.4, 0.5) is 0 Å². The van der Waals surface area contributed by atoms with Crippen LogP contribution in [-0.4, -0.2) is 31.8 Å². The van der Waals surface area contributed by atoms with Crippen molar-refractivity contribution in [3.05, 3.63) is 53.6 Å². The summed E-state index contributed by atoms with van der Waals surface area (Å²) in [5.41, 5.74) is 2.18. The van der Waals surface area contributed by atoms with Crippen molar-refractivity contribution >= 4 is 5.91 Å². The van der Waals surface area contributed by atoms with Crippen molar-refractivity contribution in [2.45, 2.75) is 39.8 Å². The average Bonchev–Trinajstić information content (AvgIpc) is 2.64. The minimum absolute atomic E-state index is 0.144. The molecular formula is C21H27NO4. The van der Waals surface area contributed by atoms with Gasteiger partial charge in [-0.15, -0.1) is 0 Å². The Kier molecular flexibility index (Phi) is 6.89. The molecule has 2 atom stereocenters. The van der Waals surface area contributed by atoms with Gasteiger partial charge in [-0.3, -0.25) is 4.79 Å². The number of aryl methyl sites for hydroxylation is 1. The van der Waals surface area contributed by atoms with E-state index in [1.807, 2.05) is 63.2 Å². The molecule has 0 aliphatic carbocycles. The third kappa shape index (κ3) is 5.41. The number of ether oxygens (including phenoxy) is 3. The number of hydrogen-bond acceptors (Lipinski definition) is 4. The summed E-state index contributed by atoms with van der Waals surface area (Å²) in [5.74, 6) is 2.06. The van der Waals surface area contributed by atoms with E-state index >= 15 is 0 Å². The molecule has 0 unspecified atom stereocenters. The molecule has 140 valence electrons. The van der Waals surface area contributed by atoms with Gasteiger partial charge in [-0.05, 0) is 69.2 Å². The number of benzene rings is 2. The Balaban J connectivity index is 1.82. The molecule has 0 aliphatic rings. The highest BCUT2D eigenvalue weighted by molar-refractivity contribution is 5.81. The van der Waals surface area contributed by atoms with Crippen LogP contribution < -0.4 is 19.5 Å². The Morgan fingerprint density at radius 1 is 1.04 bits per heavy atom. The van der Waals surface area contributed by atoms with Gasteiger partial charge in [-0.25, -0.2) is 0 Å². The van der Waals surface area contributed by atoms with Gasteiger partial charge in [-0.1, -0.05) is 12.1 Å². The van der Waals surface area contributed by atoms with Crippen molar-refractivity contribution in [2.24, 2.45) is 0 Å². The number of amides is 1. The molecule has 1 N–H and O–H groups in total. The van der Waals surface area contributed by atoms with Crippen molar-refractivity contribution in [1.29, 1.82) is 0 Å². The van der Waals surface area contributed by atoms with E-state index in [9.17, 15) is 4.79 Å². The molecule has 0 fully saturated rings.